The van der Waals surface area contributed by atoms with Crippen molar-refractivity contribution in [3.8, 4) is 0 Å². The molecule has 2 heterocycles. The van der Waals surface area contributed by atoms with E-state index in [9.17, 15) is 4.79 Å². The lowest BCUT2D eigenvalue weighted by atomic mass is 10.1. The Hall–Kier alpha value is -3.92. The summed E-state index contributed by atoms with van der Waals surface area (Å²) in [4.78, 5) is 18.4. The average Bonchev–Trinajstić information content (AvgIpc) is 2.80. The number of nitrogens with one attached hydrogen (secondary N) is 2. The number of pyridine rings is 2. The first-order valence-corrected chi connectivity index (χ1v) is 10.3. The Kier molecular flexibility index (Phi) is 6.08. The van der Waals surface area contributed by atoms with Gasteiger partial charge in [-0.3, -0.25) is 4.79 Å². The second-order valence-corrected chi connectivity index (χ2v) is 7.51. The number of aryl methyl sites for hydroxylation is 2. The number of H-pyrrole nitrogens is 1. The minimum Gasteiger partial charge on any atom is -0.365 e. The summed E-state index contributed by atoms with van der Waals surface area (Å²) >= 11 is 0. The van der Waals surface area contributed by atoms with E-state index in [-0.39, 0.29) is 5.56 Å². The van der Waals surface area contributed by atoms with E-state index in [2.05, 4.69) is 70.7 Å². The summed E-state index contributed by atoms with van der Waals surface area (Å²) in [6.45, 7) is 4.92. The minimum absolute atomic E-state index is 0.0174. The second-order valence-electron chi connectivity index (χ2n) is 7.51. The van der Waals surface area contributed by atoms with E-state index >= 15 is 0 Å². The Morgan fingerprint density at radius 1 is 0.742 bits per heavy atom. The maximum atomic E-state index is 11.3. The smallest absolute Gasteiger partial charge is 0.255 e. The van der Waals surface area contributed by atoms with Crippen LogP contribution in [0.3, 0.4) is 0 Å². The van der Waals surface area contributed by atoms with Crippen molar-refractivity contribution in [1.29, 1.82) is 0 Å². The zero-order valence-corrected chi connectivity index (χ0v) is 17.7. The SMILES string of the molecule is Cc1cccc2c(=O)[nH]ccc12.Cc1cccc2c(NCc3ccccc3)nccc12. The number of nitrogens with zero attached hydrogens (tertiary/aromatic N) is 1. The van der Waals surface area contributed by atoms with Crippen LogP contribution in [0.25, 0.3) is 21.5 Å². The van der Waals surface area contributed by atoms with Gasteiger partial charge in [-0.1, -0.05) is 60.7 Å². The molecule has 0 radical (unpaired) electrons. The van der Waals surface area contributed by atoms with Crippen molar-refractivity contribution in [3.63, 3.8) is 0 Å². The third-order valence-corrected chi connectivity index (χ3v) is 5.36. The molecule has 5 aromatic rings. The van der Waals surface area contributed by atoms with Gasteiger partial charge in [0, 0.05) is 29.7 Å². The van der Waals surface area contributed by atoms with Crippen LogP contribution in [-0.4, -0.2) is 9.97 Å². The van der Waals surface area contributed by atoms with Gasteiger partial charge in [-0.15, -0.1) is 0 Å². The van der Waals surface area contributed by atoms with Crippen molar-refractivity contribution >= 4 is 27.4 Å². The van der Waals surface area contributed by atoms with Crippen LogP contribution in [0.15, 0.2) is 96.1 Å². The fourth-order valence-electron chi connectivity index (χ4n) is 3.67. The molecule has 5 rings (SSSR count). The Bertz CT molecular complexity index is 1370. The summed E-state index contributed by atoms with van der Waals surface area (Å²) in [5.41, 5.74) is 3.66. The van der Waals surface area contributed by atoms with E-state index < -0.39 is 0 Å². The zero-order chi connectivity index (χ0) is 21.6. The van der Waals surface area contributed by atoms with Gasteiger partial charge in [0.25, 0.3) is 5.56 Å². The molecule has 0 aliphatic heterocycles. The number of aromatic amines is 1. The van der Waals surface area contributed by atoms with E-state index in [1.54, 1.807) is 6.20 Å². The van der Waals surface area contributed by atoms with Gasteiger partial charge in [0.1, 0.15) is 5.82 Å². The number of fused-ring (bicyclic) bond motifs is 2. The molecule has 0 aliphatic carbocycles. The van der Waals surface area contributed by atoms with Crippen LogP contribution in [0.4, 0.5) is 5.82 Å². The Morgan fingerprint density at radius 2 is 1.42 bits per heavy atom. The van der Waals surface area contributed by atoms with Crippen molar-refractivity contribution in [2.45, 2.75) is 20.4 Å². The van der Waals surface area contributed by atoms with E-state index in [4.69, 9.17) is 0 Å². The first-order chi connectivity index (χ1) is 15.1. The molecular formula is C27H25N3O. The zero-order valence-electron chi connectivity index (χ0n) is 17.7. The topological polar surface area (TPSA) is 57.8 Å². The molecular weight excluding hydrogens is 382 g/mol. The maximum Gasteiger partial charge on any atom is 0.255 e. The monoisotopic (exact) mass is 407 g/mol. The third kappa shape index (κ3) is 4.64. The molecule has 4 heteroatoms. The van der Waals surface area contributed by atoms with Gasteiger partial charge in [-0.05, 0) is 59.5 Å². The lowest BCUT2D eigenvalue weighted by Gasteiger charge is -2.10. The van der Waals surface area contributed by atoms with Crippen LogP contribution in [0, 0.1) is 13.8 Å². The normalized spacial score (nSPS) is 10.5. The maximum absolute atomic E-state index is 11.3. The van der Waals surface area contributed by atoms with Crippen molar-refractivity contribution in [2.75, 3.05) is 5.32 Å². The number of hydrogen-bond donors (Lipinski definition) is 2. The number of hydrogen-bond acceptors (Lipinski definition) is 3. The van der Waals surface area contributed by atoms with Crippen LogP contribution in [-0.2, 0) is 6.54 Å². The Labute approximate surface area is 181 Å². The number of anilines is 1. The average molecular weight is 408 g/mol. The Morgan fingerprint density at radius 3 is 2.13 bits per heavy atom. The molecule has 0 unspecified atom stereocenters. The molecule has 4 nitrogen and oxygen atoms in total. The van der Waals surface area contributed by atoms with Gasteiger partial charge in [0.05, 0.1) is 0 Å². The fourth-order valence-corrected chi connectivity index (χ4v) is 3.67. The van der Waals surface area contributed by atoms with Gasteiger partial charge in [-0.25, -0.2) is 4.98 Å². The lowest BCUT2D eigenvalue weighted by Crippen LogP contribution is -2.04. The standard InChI is InChI=1S/C17H16N2.C10H9NO/c1-13-6-5-9-16-15(13)10-11-18-17(16)19-12-14-7-3-2-4-8-14;1-7-3-2-4-9-8(7)5-6-11-10(9)12/h2-11H,12H2,1H3,(H,18,19);2-6H,1H3,(H,11,12). The van der Waals surface area contributed by atoms with Crippen molar-refractivity contribution < 1.29 is 0 Å². The molecule has 0 spiro atoms. The molecule has 2 N–H and O–H groups in total. The van der Waals surface area contributed by atoms with Crippen LogP contribution in [0.1, 0.15) is 16.7 Å². The van der Waals surface area contributed by atoms with Crippen LogP contribution in [0.2, 0.25) is 0 Å². The molecule has 0 amide bonds. The van der Waals surface area contributed by atoms with E-state index in [0.717, 1.165) is 28.7 Å². The first-order valence-electron chi connectivity index (χ1n) is 10.3. The highest BCUT2D eigenvalue weighted by Crippen LogP contribution is 2.24. The molecule has 31 heavy (non-hydrogen) atoms. The molecule has 0 fully saturated rings. The van der Waals surface area contributed by atoms with Crippen LogP contribution < -0.4 is 10.9 Å². The number of rotatable bonds is 3. The van der Waals surface area contributed by atoms with E-state index in [1.807, 2.05) is 43.5 Å². The third-order valence-electron chi connectivity index (χ3n) is 5.36. The highest BCUT2D eigenvalue weighted by atomic mass is 16.1. The predicted molar refractivity (Wildman–Crippen MR) is 130 cm³/mol. The summed E-state index contributed by atoms with van der Waals surface area (Å²) in [6, 6.07) is 26.4. The second kappa shape index (κ2) is 9.26. The van der Waals surface area contributed by atoms with Gasteiger partial charge < -0.3 is 10.3 Å². The molecule has 0 saturated carbocycles. The number of benzene rings is 3. The van der Waals surface area contributed by atoms with Gasteiger partial charge in [0.15, 0.2) is 0 Å². The van der Waals surface area contributed by atoms with Crippen LogP contribution >= 0.6 is 0 Å². The first kappa shape index (κ1) is 20.4. The van der Waals surface area contributed by atoms with E-state index in [1.165, 1.54) is 21.9 Å². The largest absolute Gasteiger partial charge is 0.365 e. The minimum atomic E-state index is -0.0174. The van der Waals surface area contributed by atoms with Gasteiger partial charge >= 0.3 is 0 Å². The Balaban J connectivity index is 0.000000166. The van der Waals surface area contributed by atoms with Crippen molar-refractivity contribution in [1.82, 2.24) is 9.97 Å². The highest BCUT2D eigenvalue weighted by Gasteiger charge is 2.03. The van der Waals surface area contributed by atoms with E-state index in [0.29, 0.717) is 0 Å². The fraction of sp³-hybridized carbons (Fsp3) is 0.111. The molecule has 3 aromatic carbocycles. The lowest BCUT2D eigenvalue weighted by molar-refractivity contribution is 1.12. The molecule has 0 saturated heterocycles. The predicted octanol–water partition coefficient (Wildman–Crippen LogP) is 5.99. The van der Waals surface area contributed by atoms with Gasteiger partial charge in [-0.2, -0.15) is 0 Å². The summed E-state index contributed by atoms with van der Waals surface area (Å²) in [6.07, 6.45) is 3.54. The quantitative estimate of drug-likeness (QED) is 0.386. The van der Waals surface area contributed by atoms with Gasteiger partial charge in [0.2, 0.25) is 0 Å². The molecule has 0 atom stereocenters. The summed E-state index contributed by atoms with van der Waals surface area (Å²) in [7, 11) is 0. The van der Waals surface area contributed by atoms with Crippen molar-refractivity contribution in [3.05, 3.63) is 118 Å². The highest BCUT2D eigenvalue weighted by molar-refractivity contribution is 5.93. The summed E-state index contributed by atoms with van der Waals surface area (Å²) < 4.78 is 0. The van der Waals surface area contributed by atoms with Crippen molar-refractivity contribution in [2.24, 2.45) is 0 Å². The number of aromatic nitrogens is 2. The molecule has 154 valence electrons. The molecule has 0 bridgehead atoms. The van der Waals surface area contributed by atoms with Crippen LogP contribution in [0.5, 0.6) is 0 Å². The summed E-state index contributed by atoms with van der Waals surface area (Å²) in [5, 5.41) is 7.65. The molecule has 0 aliphatic rings. The molecule has 2 aromatic heterocycles. The summed E-state index contributed by atoms with van der Waals surface area (Å²) in [5.74, 6) is 0.949.